The van der Waals surface area contributed by atoms with Crippen molar-refractivity contribution in [1.29, 1.82) is 0 Å². The minimum absolute atomic E-state index is 0.561. The highest BCUT2D eigenvalue weighted by atomic mass is 35.5. The van der Waals surface area contributed by atoms with Crippen LogP contribution in [0.5, 0.6) is 11.5 Å². The highest BCUT2D eigenvalue weighted by Gasteiger charge is 2.08. The Morgan fingerprint density at radius 1 is 0.852 bits per heavy atom. The molecule has 3 nitrogen and oxygen atoms in total. The Labute approximate surface area is 169 Å². The SMILES string of the molecule is COc1ccccc1Sc1ccccc1CNCCOc1ccccc1Cl. The molecule has 0 saturated heterocycles. The van der Waals surface area contributed by atoms with Crippen molar-refractivity contribution in [2.45, 2.75) is 16.3 Å². The zero-order valence-electron chi connectivity index (χ0n) is 15.2. The molecule has 3 aromatic rings. The number of halogens is 1. The Bertz CT molecular complexity index is 872. The van der Waals surface area contributed by atoms with Crippen LogP contribution in [0.4, 0.5) is 0 Å². The van der Waals surface area contributed by atoms with Crippen molar-refractivity contribution in [2.75, 3.05) is 20.3 Å². The molecule has 0 spiro atoms. The Morgan fingerprint density at radius 2 is 1.52 bits per heavy atom. The van der Waals surface area contributed by atoms with E-state index in [9.17, 15) is 0 Å². The Kier molecular flexibility index (Phi) is 7.45. The predicted molar refractivity (Wildman–Crippen MR) is 112 cm³/mol. The highest BCUT2D eigenvalue weighted by Crippen LogP contribution is 2.36. The molecule has 27 heavy (non-hydrogen) atoms. The van der Waals surface area contributed by atoms with Crippen LogP contribution in [0.3, 0.4) is 0 Å². The maximum absolute atomic E-state index is 6.10. The van der Waals surface area contributed by atoms with Crippen LogP contribution in [0.15, 0.2) is 82.6 Å². The van der Waals surface area contributed by atoms with Crippen LogP contribution in [0, 0.1) is 0 Å². The van der Waals surface area contributed by atoms with E-state index in [4.69, 9.17) is 21.1 Å². The number of hydrogen-bond acceptors (Lipinski definition) is 4. The molecule has 0 heterocycles. The normalized spacial score (nSPS) is 10.6. The van der Waals surface area contributed by atoms with Gasteiger partial charge in [-0.2, -0.15) is 0 Å². The molecule has 5 heteroatoms. The first-order valence-corrected chi connectivity index (χ1v) is 9.94. The van der Waals surface area contributed by atoms with Crippen molar-refractivity contribution in [3.05, 3.63) is 83.4 Å². The van der Waals surface area contributed by atoms with Gasteiger partial charge < -0.3 is 14.8 Å². The molecular weight excluding hydrogens is 378 g/mol. The fourth-order valence-electron chi connectivity index (χ4n) is 2.59. The van der Waals surface area contributed by atoms with Gasteiger partial charge in [-0.3, -0.25) is 0 Å². The van der Waals surface area contributed by atoms with E-state index in [1.165, 1.54) is 10.5 Å². The van der Waals surface area contributed by atoms with Gasteiger partial charge >= 0.3 is 0 Å². The molecule has 0 radical (unpaired) electrons. The third kappa shape index (κ3) is 5.67. The van der Waals surface area contributed by atoms with Gasteiger partial charge in [0.2, 0.25) is 0 Å². The van der Waals surface area contributed by atoms with E-state index in [1.807, 2.05) is 42.5 Å². The summed E-state index contributed by atoms with van der Waals surface area (Å²) in [5.74, 6) is 1.60. The average molecular weight is 400 g/mol. The smallest absolute Gasteiger partial charge is 0.137 e. The first-order valence-electron chi connectivity index (χ1n) is 8.75. The summed E-state index contributed by atoms with van der Waals surface area (Å²) in [6.45, 7) is 2.06. The number of methoxy groups -OCH3 is 1. The van der Waals surface area contributed by atoms with Crippen LogP contribution in [0.2, 0.25) is 5.02 Å². The monoisotopic (exact) mass is 399 g/mol. The molecule has 1 N–H and O–H groups in total. The summed E-state index contributed by atoms with van der Waals surface area (Å²) < 4.78 is 11.2. The molecule has 3 aromatic carbocycles. The number of rotatable bonds is 9. The summed E-state index contributed by atoms with van der Waals surface area (Å²) in [6, 6.07) is 24.0. The van der Waals surface area contributed by atoms with Crippen molar-refractivity contribution in [1.82, 2.24) is 5.32 Å². The van der Waals surface area contributed by atoms with Gasteiger partial charge in [-0.15, -0.1) is 0 Å². The number of nitrogens with one attached hydrogen (secondary N) is 1. The van der Waals surface area contributed by atoms with Gasteiger partial charge in [0.25, 0.3) is 0 Å². The fourth-order valence-corrected chi connectivity index (χ4v) is 3.83. The van der Waals surface area contributed by atoms with Gasteiger partial charge in [0, 0.05) is 18.0 Å². The van der Waals surface area contributed by atoms with Gasteiger partial charge in [-0.05, 0) is 35.9 Å². The molecule has 0 fully saturated rings. The van der Waals surface area contributed by atoms with Crippen LogP contribution in [0.1, 0.15) is 5.56 Å². The predicted octanol–water partition coefficient (Wildman–Crippen LogP) is 5.67. The lowest BCUT2D eigenvalue weighted by atomic mass is 10.2. The van der Waals surface area contributed by atoms with Crippen LogP contribution >= 0.6 is 23.4 Å². The molecule has 0 aliphatic heterocycles. The van der Waals surface area contributed by atoms with E-state index in [2.05, 4.69) is 35.6 Å². The van der Waals surface area contributed by atoms with Crippen molar-refractivity contribution in [3.63, 3.8) is 0 Å². The topological polar surface area (TPSA) is 30.5 Å². The minimum Gasteiger partial charge on any atom is -0.496 e. The average Bonchev–Trinajstić information content (AvgIpc) is 2.70. The molecule has 0 aliphatic carbocycles. The molecule has 0 bridgehead atoms. The molecule has 0 atom stereocenters. The lowest BCUT2D eigenvalue weighted by Crippen LogP contribution is -2.21. The fraction of sp³-hybridized carbons (Fsp3) is 0.182. The number of benzene rings is 3. The molecule has 140 valence electrons. The lowest BCUT2D eigenvalue weighted by Gasteiger charge is -2.13. The van der Waals surface area contributed by atoms with Crippen molar-refractivity contribution >= 4 is 23.4 Å². The number of hydrogen-bond donors (Lipinski definition) is 1. The molecule has 0 aromatic heterocycles. The first kappa shape index (κ1) is 19.6. The minimum atomic E-state index is 0.561. The lowest BCUT2D eigenvalue weighted by molar-refractivity contribution is 0.313. The van der Waals surface area contributed by atoms with Crippen LogP contribution in [0.25, 0.3) is 0 Å². The quantitative estimate of drug-likeness (QED) is 0.470. The van der Waals surface area contributed by atoms with Crippen LogP contribution in [-0.4, -0.2) is 20.3 Å². The molecule has 0 saturated carbocycles. The Balaban J connectivity index is 1.54. The van der Waals surface area contributed by atoms with Crippen LogP contribution < -0.4 is 14.8 Å². The van der Waals surface area contributed by atoms with Gasteiger partial charge in [-0.25, -0.2) is 0 Å². The third-order valence-corrected chi connectivity index (χ3v) is 5.44. The van der Waals surface area contributed by atoms with Gasteiger partial charge in [-0.1, -0.05) is 65.8 Å². The highest BCUT2D eigenvalue weighted by molar-refractivity contribution is 7.99. The van der Waals surface area contributed by atoms with Gasteiger partial charge in [0.15, 0.2) is 0 Å². The summed E-state index contributed by atoms with van der Waals surface area (Å²) in [7, 11) is 1.70. The Morgan fingerprint density at radius 3 is 2.30 bits per heavy atom. The Hall–Kier alpha value is -2.14. The number of para-hydroxylation sites is 2. The van der Waals surface area contributed by atoms with Crippen molar-refractivity contribution < 1.29 is 9.47 Å². The summed E-state index contributed by atoms with van der Waals surface area (Å²) in [5.41, 5.74) is 1.24. The molecule has 0 aliphatic rings. The summed E-state index contributed by atoms with van der Waals surface area (Å²) >= 11 is 7.81. The van der Waals surface area contributed by atoms with E-state index in [0.29, 0.717) is 17.4 Å². The summed E-state index contributed by atoms with van der Waals surface area (Å²) in [4.78, 5) is 2.32. The second kappa shape index (κ2) is 10.3. The largest absolute Gasteiger partial charge is 0.496 e. The van der Waals surface area contributed by atoms with E-state index in [1.54, 1.807) is 18.9 Å². The first-order chi connectivity index (χ1) is 13.3. The van der Waals surface area contributed by atoms with Gasteiger partial charge in [0.05, 0.1) is 17.0 Å². The van der Waals surface area contributed by atoms with Crippen molar-refractivity contribution in [3.8, 4) is 11.5 Å². The van der Waals surface area contributed by atoms with Crippen LogP contribution in [-0.2, 0) is 6.54 Å². The van der Waals surface area contributed by atoms with E-state index in [-0.39, 0.29) is 0 Å². The maximum atomic E-state index is 6.10. The van der Waals surface area contributed by atoms with Gasteiger partial charge in [0.1, 0.15) is 18.1 Å². The molecule has 0 unspecified atom stereocenters. The standard InChI is InChI=1S/C22H22ClNO2S/c1-25-20-11-5-7-13-22(20)27-21-12-6-2-8-17(21)16-24-14-15-26-19-10-4-3-9-18(19)23/h2-13,24H,14-16H2,1H3. The summed E-state index contributed by atoms with van der Waals surface area (Å²) in [5, 5.41) is 4.07. The molecular formula is C22H22ClNO2S. The second-order valence-electron chi connectivity index (χ2n) is 5.82. The maximum Gasteiger partial charge on any atom is 0.137 e. The van der Waals surface area contributed by atoms with Crippen molar-refractivity contribution in [2.24, 2.45) is 0 Å². The zero-order chi connectivity index (χ0) is 18.9. The molecule has 0 amide bonds. The van der Waals surface area contributed by atoms with E-state index < -0.39 is 0 Å². The van der Waals surface area contributed by atoms with E-state index >= 15 is 0 Å². The molecule has 3 rings (SSSR count). The zero-order valence-corrected chi connectivity index (χ0v) is 16.7. The summed E-state index contributed by atoms with van der Waals surface area (Å²) in [6.07, 6.45) is 0. The second-order valence-corrected chi connectivity index (χ2v) is 7.31. The number of ether oxygens (including phenoxy) is 2. The van der Waals surface area contributed by atoms with E-state index in [0.717, 1.165) is 23.7 Å². The third-order valence-electron chi connectivity index (χ3n) is 3.95.